The van der Waals surface area contributed by atoms with Crippen LogP contribution in [0.5, 0.6) is 0 Å². The third-order valence-electron chi connectivity index (χ3n) is 3.07. The van der Waals surface area contributed by atoms with Gasteiger partial charge in [-0.2, -0.15) is 0 Å². The summed E-state index contributed by atoms with van der Waals surface area (Å²) >= 11 is 0. The summed E-state index contributed by atoms with van der Waals surface area (Å²) in [5.41, 5.74) is -0.678. The summed E-state index contributed by atoms with van der Waals surface area (Å²) in [6.45, 7) is 4.27. The van der Waals surface area contributed by atoms with Crippen LogP contribution in [-0.4, -0.2) is 43.0 Å². The molecule has 0 atom stereocenters. The summed E-state index contributed by atoms with van der Waals surface area (Å²) in [6.07, 6.45) is 4.49. The minimum absolute atomic E-state index is 0.207. The third-order valence-corrected chi connectivity index (χ3v) is 3.07. The van der Waals surface area contributed by atoms with Crippen LogP contribution in [0.1, 0.15) is 39.0 Å². The molecule has 0 aromatic heterocycles. The quantitative estimate of drug-likeness (QED) is 0.585. The number of carbonyl (C=O) groups excluding carboxylic acids is 1. The molecule has 1 aliphatic carbocycles. The Labute approximate surface area is 103 Å². The maximum atomic E-state index is 11.4. The van der Waals surface area contributed by atoms with E-state index in [4.69, 9.17) is 4.74 Å². The molecule has 1 fully saturated rings. The van der Waals surface area contributed by atoms with Gasteiger partial charge in [0.25, 0.3) is 0 Å². The van der Waals surface area contributed by atoms with Gasteiger partial charge < -0.3 is 20.5 Å². The van der Waals surface area contributed by atoms with Crippen LogP contribution in [0.15, 0.2) is 0 Å². The van der Waals surface area contributed by atoms with Gasteiger partial charge in [0.15, 0.2) is 0 Å². The van der Waals surface area contributed by atoms with Crippen LogP contribution in [0.4, 0.5) is 4.79 Å². The lowest BCUT2D eigenvalue weighted by Crippen LogP contribution is -2.45. The molecule has 2 amide bonds. The van der Waals surface area contributed by atoms with Gasteiger partial charge >= 0.3 is 6.03 Å². The van der Waals surface area contributed by atoms with Gasteiger partial charge in [0.1, 0.15) is 0 Å². The van der Waals surface area contributed by atoms with Gasteiger partial charge in [-0.15, -0.1) is 0 Å². The molecule has 0 aromatic carbocycles. The summed E-state index contributed by atoms with van der Waals surface area (Å²) in [7, 11) is 0. The van der Waals surface area contributed by atoms with Crippen molar-refractivity contribution in [1.29, 1.82) is 0 Å². The highest BCUT2D eigenvalue weighted by atomic mass is 16.5. The van der Waals surface area contributed by atoms with Gasteiger partial charge in [0.2, 0.25) is 0 Å². The van der Waals surface area contributed by atoms with Crippen LogP contribution in [-0.2, 0) is 4.74 Å². The van der Waals surface area contributed by atoms with Crippen LogP contribution in [0.25, 0.3) is 0 Å². The first-order chi connectivity index (χ1) is 8.16. The number of rotatable bonds is 7. The maximum absolute atomic E-state index is 11.4. The predicted octanol–water partition coefficient (Wildman–Crippen LogP) is 1.02. The van der Waals surface area contributed by atoms with Crippen molar-refractivity contribution in [2.45, 2.75) is 44.6 Å². The monoisotopic (exact) mass is 244 g/mol. The minimum Gasteiger partial charge on any atom is -0.388 e. The zero-order valence-corrected chi connectivity index (χ0v) is 10.6. The first kappa shape index (κ1) is 14.3. The van der Waals surface area contributed by atoms with E-state index in [0.717, 1.165) is 32.1 Å². The van der Waals surface area contributed by atoms with Crippen molar-refractivity contribution in [2.75, 3.05) is 26.3 Å². The Bertz CT molecular complexity index is 228. The average molecular weight is 244 g/mol. The van der Waals surface area contributed by atoms with Crippen molar-refractivity contribution in [3.8, 4) is 0 Å². The Morgan fingerprint density at radius 1 is 1.35 bits per heavy atom. The Hall–Kier alpha value is -0.810. The molecular weight excluding hydrogens is 220 g/mol. The molecule has 1 rings (SSSR count). The van der Waals surface area contributed by atoms with E-state index in [1.54, 1.807) is 0 Å². The Morgan fingerprint density at radius 3 is 2.71 bits per heavy atom. The zero-order chi connectivity index (χ0) is 12.6. The molecule has 1 aliphatic rings. The average Bonchev–Trinajstić information content (AvgIpc) is 2.74. The maximum Gasteiger partial charge on any atom is 0.314 e. The number of hydrogen-bond acceptors (Lipinski definition) is 3. The molecule has 0 heterocycles. The second kappa shape index (κ2) is 7.50. The van der Waals surface area contributed by atoms with Gasteiger partial charge in [0, 0.05) is 26.3 Å². The predicted molar refractivity (Wildman–Crippen MR) is 65.9 cm³/mol. The third kappa shape index (κ3) is 5.89. The number of ether oxygens (including phenoxy) is 1. The van der Waals surface area contributed by atoms with Gasteiger partial charge in [0.05, 0.1) is 5.60 Å². The van der Waals surface area contributed by atoms with Crippen molar-refractivity contribution < 1.29 is 14.6 Å². The summed E-state index contributed by atoms with van der Waals surface area (Å²) in [5, 5.41) is 15.5. The van der Waals surface area contributed by atoms with Gasteiger partial charge in [-0.3, -0.25) is 0 Å². The molecule has 0 saturated heterocycles. The molecule has 0 unspecified atom stereocenters. The van der Waals surface area contributed by atoms with Crippen LogP contribution in [0.2, 0.25) is 0 Å². The van der Waals surface area contributed by atoms with Gasteiger partial charge in [-0.1, -0.05) is 12.8 Å². The fraction of sp³-hybridized carbons (Fsp3) is 0.917. The largest absolute Gasteiger partial charge is 0.388 e. The minimum atomic E-state index is -0.678. The van der Waals surface area contributed by atoms with Crippen molar-refractivity contribution in [1.82, 2.24) is 10.6 Å². The fourth-order valence-electron chi connectivity index (χ4n) is 2.04. The molecule has 1 saturated carbocycles. The van der Waals surface area contributed by atoms with Crippen LogP contribution in [0.3, 0.4) is 0 Å². The molecule has 0 aromatic rings. The van der Waals surface area contributed by atoms with Crippen LogP contribution < -0.4 is 10.6 Å². The first-order valence-electron chi connectivity index (χ1n) is 6.48. The van der Waals surface area contributed by atoms with E-state index in [-0.39, 0.29) is 6.03 Å². The summed E-state index contributed by atoms with van der Waals surface area (Å²) < 4.78 is 5.16. The molecule has 100 valence electrons. The van der Waals surface area contributed by atoms with E-state index in [1.165, 1.54) is 0 Å². The van der Waals surface area contributed by atoms with Crippen molar-refractivity contribution in [2.24, 2.45) is 0 Å². The number of amides is 2. The van der Waals surface area contributed by atoms with E-state index in [1.807, 2.05) is 6.92 Å². The lowest BCUT2D eigenvalue weighted by molar-refractivity contribution is 0.0501. The standard InChI is InChI=1S/C12H24N2O3/c1-2-17-9-5-8-13-11(15)14-10-12(16)6-3-4-7-12/h16H,2-10H2,1H3,(H2,13,14,15). The molecule has 3 N–H and O–H groups in total. The number of hydrogen-bond donors (Lipinski definition) is 3. The Kier molecular flexibility index (Phi) is 6.29. The Morgan fingerprint density at radius 2 is 2.06 bits per heavy atom. The molecule has 0 radical (unpaired) electrons. The summed E-state index contributed by atoms with van der Waals surface area (Å²) in [6, 6.07) is -0.207. The van der Waals surface area contributed by atoms with Crippen LogP contribution in [0, 0.1) is 0 Å². The smallest absolute Gasteiger partial charge is 0.314 e. The number of nitrogens with one attached hydrogen (secondary N) is 2. The van der Waals surface area contributed by atoms with Gasteiger partial charge in [-0.25, -0.2) is 4.79 Å². The summed E-state index contributed by atoms with van der Waals surface area (Å²) in [4.78, 5) is 11.4. The molecule has 0 aliphatic heterocycles. The SMILES string of the molecule is CCOCCCNC(=O)NCC1(O)CCCC1. The van der Waals surface area contributed by atoms with Gasteiger partial charge in [-0.05, 0) is 26.2 Å². The fourth-order valence-corrected chi connectivity index (χ4v) is 2.04. The topological polar surface area (TPSA) is 70.6 Å². The molecule has 0 spiro atoms. The lowest BCUT2D eigenvalue weighted by Gasteiger charge is -2.22. The van der Waals surface area contributed by atoms with Crippen molar-refractivity contribution in [3.05, 3.63) is 0 Å². The number of aliphatic hydroxyl groups is 1. The van der Waals surface area contributed by atoms with E-state index >= 15 is 0 Å². The highest BCUT2D eigenvalue weighted by Gasteiger charge is 2.31. The summed E-state index contributed by atoms with van der Waals surface area (Å²) in [5.74, 6) is 0. The van der Waals surface area contributed by atoms with E-state index < -0.39 is 5.60 Å². The molecular formula is C12H24N2O3. The molecule has 0 bridgehead atoms. The van der Waals surface area contributed by atoms with Crippen molar-refractivity contribution in [3.63, 3.8) is 0 Å². The lowest BCUT2D eigenvalue weighted by atomic mass is 10.0. The van der Waals surface area contributed by atoms with E-state index in [2.05, 4.69) is 10.6 Å². The van der Waals surface area contributed by atoms with E-state index in [0.29, 0.717) is 26.3 Å². The highest BCUT2D eigenvalue weighted by molar-refractivity contribution is 5.73. The zero-order valence-electron chi connectivity index (χ0n) is 10.6. The molecule has 17 heavy (non-hydrogen) atoms. The van der Waals surface area contributed by atoms with Crippen LogP contribution >= 0.6 is 0 Å². The Balaban J connectivity index is 2.01. The normalized spacial score (nSPS) is 18.0. The van der Waals surface area contributed by atoms with Crippen molar-refractivity contribution >= 4 is 6.03 Å². The number of carbonyl (C=O) groups is 1. The first-order valence-corrected chi connectivity index (χ1v) is 6.48. The second-order valence-corrected chi connectivity index (χ2v) is 4.59. The second-order valence-electron chi connectivity index (χ2n) is 4.59. The highest BCUT2D eigenvalue weighted by Crippen LogP contribution is 2.28. The number of urea groups is 1. The van der Waals surface area contributed by atoms with E-state index in [9.17, 15) is 9.90 Å². The molecule has 5 heteroatoms. The molecule has 5 nitrogen and oxygen atoms in total.